The summed E-state index contributed by atoms with van der Waals surface area (Å²) in [5, 5.41) is 0. The van der Waals surface area contributed by atoms with Gasteiger partial charge in [0.05, 0.1) is 18.1 Å². The lowest BCUT2D eigenvalue weighted by Gasteiger charge is -2.32. The first kappa shape index (κ1) is 16.4. The quantitative estimate of drug-likeness (QED) is 0.885. The van der Waals surface area contributed by atoms with Crippen LogP contribution in [-0.4, -0.2) is 52.2 Å². The maximum atomic E-state index is 13.1. The number of hydrogen-bond acceptors (Lipinski definition) is 4. The summed E-state index contributed by atoms with van der Waals surface area (Å²) in [6.45, 7) is 6.84. The SMILES string of the molecule is Cc1cc(F)ccc1S(=O)(=O)NCC(C)N1CCOCC1. The van der Waals surface area contributed by atoms with Gasteiger partial charge in [0.25, 0.3) is 0 Å². The number of aryl methyl sites for hydroxylation is 1. The highest BCUT2D eigenvalue weighted by Crippen LogP contribution is 2.16. The molecule has 0 bridgehead atoms. The molecule has 0 amide bonds. The Bertz CT molecular complexity index is 586. The zero-order chi connectivity index (χ0) is 15.5. The molecule has 1 aromatic carbocycles. The van der Waals surface area contributed by atoms with Crippen molar-refractivity contribution in [2.75, 3.05) is 32.8 Å². The van der Waals surface area contributed by atoms with Gasteiger partial charge in [0.1, 0.15) is 5.82 Å². The summed E-state index contributed by atoms with van der Waals surface area (Å²) in [5.41, 5.74) is 0.404. The maximum absolute atomic E-state index is 13.1. The molecule has 0 saturated carbocycles. The normalized spacial score (nSPS) is 18.6. The highest BCUT2D eigenvalue weighted by Gasteiger charge is 2.21. The van der Waals surface area contributed by atoms with Crippen molar-refractivity contribution in [3.63, 3.8) is 0 Å². The average molecular weight is 316 g/mol. The minimum atomic E-state index is -3.62. The predicted octanol–water partition coefficient (Wildman–Crippen LogP) is 1.13. The zero-order valence-corrected chi connectivity index (χ0v) is 13.1. The van der Waals surface area contributed by atoms with Crippen LogP contribution in [0, 0.1) is 12.7 Å². The Morgan fingerprint density at radius 1 is 1.38 bits per heavy atom. The van der Waals surface area contributed by atoms with Crippen LogP contribution in [-0.2, 0) is 14.8 Å². The van der Waals surface area contributed by atoms with Crippen LogP contribution in [0.4, 0.5) is 4.39 Å². The van der Waals surface area contributed by atoms with Gasteiger partial charge >= 0.3 is 0 Å². The molecule has 1 atom stereocenters. The third kappa shape index (κ3) is 4.23. The van der Waals surface area contributed by atoms with Crippen molar-refractivity contribution in [3.8, 4) is 0 Å². The number of sulfonamides is 1. The van der Waals surface area contributed by atoms with Gasteiger partial charge in [0.15, 0.2) is 0 Å². The molecule has 0 spiro atoms. The van der Waals surface area contributed by atoms with Crippen molar-refractivity contribution in [3.05, 3.63) is 29.6 Å². The molecular weight excluding hydrogens is 295 g/mol. The second kappa shape index (κ2) is 6.83. The second-order valence-corrected chi connectivity index (χ2v) is 6.99. The van der Waals surface area contributed by atoms with E-state index >= 15 is 0 Å². The number of morpholine rings is 1. The number of halogens is 1. The molecule has 1 aliphatic heterocycles. The third-order valence-corrected chi connectivity index (χ3v) is 5.25. The third-order valence-electron chi connectivity index (χ3n) is 3.66. The Morgan fingerprint density at radius 2 is 2.05 bits per heavy atom. The van der Waals surface area contributed by atoms with Crippen molar-refractivity contribution >= 4 is 10.0 Å². The van der Waals surface area contributed by atoms with E-state index in [1.165, 1.54) is 12.1 Å². The molecule has 5 nitrogen and oxygen atoms in total. The van der Waals surface area contributed by atoms with E-state index in [0.717, 1.165) is 19.2 Å². The number of rotatable bonds is 5. The van der Waals surface area contributed by atoms with E-state index in [-0.39, 0.29) is 10.9 Å². The molecule has 1 unspecified atom stereocenters. The van der Waals surface area contributed by atoms with Gasteiger partial charge in [-0.1, -0.05) is 0 Å². The first-order valence-corrected chi connectivity index (χ1v) is 8.46. The topological polar surface area (TPSA) is 58.6 Å². The maximum Gasteiger partial charge on any atom is 0.240 e. The van der Waals surface area contributed by atoms with Gasteiger partial charge in [-0.3, -0.25) is 4.90 Å². The van der Waals surface area contributed by atoms with Gasteiger partial charge in [-0.2, -0.15) is 0 Å². The van der Waals surface area contributed by atoms with Crippen LogP contribution in [0.1, 0.15) is 12.5 Å². The van der Waals surface area contributed by atoms with Crippen molar-refractivity contribution in [2.45, 2.75) is 24.8 Å². The van der Waals surface area contributed by atoms with Crippen LogP contribution >= 0.6 is 0 Å². The van der Waals surface area contributed by atoms with Gasteiger partial charge < -0.3 is 4.74 Å². The van der Waals surface area contributed by atoms with Crippen LogP contribution in [0.2, 0.25) is 0 Å². The minimum absolute atomic E-state index is 0.0874. The average Bonchev–Trinajstić information content (AvgIpc) is 2.45. The monoisotopic (exact) mass is 316 g/mol. The molecule has 1 fully saturated rings. The summed E-state index contributed by atoms with van der Waals surface area (Å²) < 4.78 is 45.5. The minimum Gasteiger partial charge on any atom is -0.379 e. The van der Waals surface area contributed by atoms with Crippen molar-refractivity contribution in [2.24, 2.45) is 0 Å². The van der Waals surface area contributed by atoms with Crippen molar-refractivity contribution < 1.29 is 17.5 Å². The number of hydrogen-bond donors (Lipinski definition) is 1. The molecule has 2 rings (SSSR count). The largest absolute Gasteiger partial charge is 0.379 e. The molecule has 21 heavy (non-hydrogen) atoms. The van der Waals surface area contributed by atoms with E-state index in [1.54, 1.807) is 6.92 Å². The lowest BCUT2D eigenvalue weighted by atomic mass is 10.2. The fourth-order valence-electron chi connectivity index (χ4n) is 2.37. The van der Waals surface area contributed by atoms with Gasteiger partial charge in [0.2, 0.25) is 10.0 Å². The summed E-state index contributed by atoms with van der Waals surface area (Å²) in [7, 11) is -3.62. The highest BCUT2D eigenvalue weighted by atomic mass is 32.2. The van der Waals surface area contributed by atoms with E-state index in [1.807, 2.05) is 6.92 Å². The lowest BCUT2D eigenvalue weighted by molar-refractivity contribution is 0.0213. The molecule has 7 heteroatoms. The Morgan fingerprint density at radius 3 is 2.67 bits per heavy atom. The Hall–Kier alpha value is -1.02. The Balaban J connectivity index is 2.00. The number of ether oxygens (including phenoxy) is 1. The fraction of sp³-hybridized carbons (Fsp3) is 0.571. The standard InChI is InChI=1S/C14H21FN2O3S/c1-11-9-13(15)3-4-14(11)21(18,19)16-10-12(2)17-5-7-20-8-6-17/h3-4,9,12,16H,5-8,10H2,1-2H3. The Kier molecular flexibility index (Phi) is 5.32. The van der Waals surface area contributed by atoms with E-state index in [0.29, 0.717) is 25.3 Å². The van der Waals surface area contributed by atoms with Crippen molar-refractivity contribution in [1.29, 1.82) is 0 Å². The van der Waals surface area contributed by atoms with Gasteiger partial charge in [-0.15, -0.1) is 0 Å². The fourth-order valence-corrected chi connectivity index (χ4v) is 3.72. The van der Waals surface area contributed by atoms with E-state index in [9.17, 15) is 12.8 Å². The molecule has 0 aromatic heterocycles. The smallest absolute Gasteiger partial charge is 0.240 e. The summed E-state index contributed by atoms with van der Waals surface area (Å²) in [6.07, 6.45) is 0. The van der Waals surface area contributed by atoms with E-state index < -0.39 is 15.8 Å². The van der Waals surface area contributed by atoms with E-state index in [4.69, 9.17) is 4.74 Å². The van der Waals surface area contributed by atoms with Crippen LogP contribution in [0.5, 0.6) is 0 Å². The molecule has 1 N–H and O–H groups in total. The zero-order valence-electron chi connectivity index (χ0n) is 12.3. The molecule has 1 saturated heterocycles. The van der Waals surface area contributed by atoms with Crippen LogP contribution in [0.3, 0.4) is 0 Å². The molecule has 0 radical (unpaired) electrons. The molecule has 118 valence electrons. The van der Waals surface area contributed by atoms with Gasteiger partial charge in [-0.05, 0) is 37.6 Å². The molecule has 1 aromatic rings. The van der Waals surface area contributed by atoms with Crippen LogP contribution in [0.15, 0.2) is 23.1 Å². The number of nitrogens with zero attached hydrogens (tertiary/aromatic N) is 1. The summed E-state index contributed by atoms with van der Waals surface area (Å²) in [5.74, 6) is -0.437. The van der Waals surface area contributed by atoms with Crippen LogP contribution < -0.4 is 4.72 Å². The number of benzene rings is 1. The Labute approximate surface area is 125 Å². The first-order chi connectivity index (χ1) is 9.90. The van der Waals surface area contributed by atoms with Crippen LogP contribution in [0.25, 0.3) is 0 Å². The predicted molar refractivity (Wildman–Crippen MR) is 78.2 cm³/mol. The van der Waals surface area contributed by atoms with Gasteiger partial charge in [-0.25, -0.2) is 17.5 Å². The second-order valence-electron chi connectivity index (χ2n) is 5.26. The van der Waals surface area contributed by atoms with Crippen molar-refractivity contribution in [1.82, 2.24) is 9.62 Å². The molecule has 1 aliphatic rings. The summed E-state index contributed by atoms with van der Waals surface area (Å²) in [4.78, 5) is 2.31. The summed E-state index contributed by atoms with van der Waals surface area (Å²) in [6, 6.07) is 3.77. The molecule has 1 heterocycles. The van der Waals surface area contributed by atoms with Gasteiger partial charge in [0, 0.05) is 25.7 Å². The molecular formula is C14H21FN2O3S. The highest BCUT2D eigenvalue weighted by molar-refractivity contribution is 7.89. The first-order valence-electron chi connectivity index (χ1n) is 6.98. The van der Waals surface area contributed by atoms with E-state index in [2.05, 4.69) is 9.62 Å². The molecule has 0 aliphatic carbocycles. The number of nitrogens with one attached hydrogen (secondary N) is 1. The lowest BCUT2D eigenvalue weighted by Crippen LogP contribution is -2.47. The summed E-state index contributed by atoms with van der Waals surface area (Å²) >= 11 is 0.